The van der Waals surface area contributed by atoms with E-state index < -0.39 is 0 Å². The van der Waals surface area contributed by atoms with Gasteiger partial charge >= 0.3 is 5.97 Å². The molecule has 28 heavy (non-hydrogen) atoms. The average molecular weight is 453 g/mol. The van der Waals surface area contributed by atoms with Crippen LogP contribution in [-0.2, 0) is 16.0 Å². The van der Waals surface area contributed by atoms with E-state index in [1.807, 2.05) is 12.1 Å². The van der Waals surface area contributed by atoms with Crippen LogP contribution in [0.3, 0.4) is 0 Å². The van der Waals surface area contributed by atoms with E-state index in [2.05, 4.69) is 4.90 Å². The fourth-order valence-electron chi connectivity index (χ4n) is 4.18. The van der Waals surface area contributed by atoms with Crippen molar-refractivity contribution in [2.24, 2.45) is 5.92 Å². The molecule has 0 spiro atoms. The Morgan fingerprint density at radius 1 is 1.18 bits per heavy atom. The molecule has 0 amide bonds. The van der Waals surface area contributed by atoms with Crippen molar-refractivity contribution in [2.75, 3.05) is 34.0 Å². The molecule has 2 aliphatic rings. The van der Waals surface area contributed by atoms with Crippen LogP contribution in [0.4, 0.5) is 4.39 Å². The molecule has 3 atom stereocenters. The van der Waals surface area contributed by atoms with Gasteiger partial charge in [-0.15, -0.1) is 0 Å². The zero-order valence-electron chi connectivity index (χ0n) is 16.6. The fourth-order valence-corrected chi connectivity index (χ4v) is 4.18. The Hall–Kier alpha value is -0.770. The largest absolute Gasteiger partial charge is 0.493 e. The van der Waals surface area contributed by atoms with Crippen LogP contribution in [0, 0.1) is 5.92 Å². The van der Waals surface area contributed by atoms with E-state index in [1.165, 1.54) is 18.1 Å². The molecule has 9 heteroatoms. The Morgan fingerprint density at radius 3 is 2.39 bits per heavy atom. The number of carbonyl (C=O) groups is 1. The van der Waals surface area contributed by atoms with E-state index in [0.29, 0.717) is 18.6 Å². The molecule has 1 fully saturated rings. The molecule has 0 N–H and O–H groups in total. The van der Waals surface area contributed by atoms with Crippen molar-refractivity contribution in [3.63, 3.8) is 0 Å². The molecule has 0 unspecified atom stereocenters. The van der Waals surface area contributed by atoms with Gasteiger partial charge < -0.3 is 14.2 Å². The molecule has 5 nitrogen and oxygen atoms in total. The summed E-state index contributed by atoms with van der Waals surface area (Å²) >= 11 is 0. The van der Waals surface area contributed by atoms with Crippen molar-refractivity contribution in [2.45, 2.75) is 38.3 Å². The lowest BCUT2D eigenvalue weighted by atomic mass is 9.80. The summed E-state index contributed by atoms with van der Waals surface area (Å²) in [6.07, 6.45) is 1.80. The summed E-state index contributed by atoms with van der Waals surface area (Å²) in [5.41, 5.74) is 2.43. The van der Waals surface area contributed by atoms with Gasteiger partial charge in [0.25, 0.3) is 0 Å². The molecular weight excluding hydrogens is 420 g/mol. The minimum Gasteiger partial charge on any atom is -0.493 e. The van der Waals surface area contributed by atoms with Crippen LogP contribution in [-0.4, -0.2) is 51.0 Å². The molecule has 1 saturated heterocycles. The summed E-state index contributed by atoms with van der Waals surface area (Å²) in [5, 5.41) is 0. The second kappa shape index (κ2) is 12.0. The number of piperidine rings is 1. The maximum absolute atomic E-state index is 12.9. The van der Waals surface area contributed by atoms with E-state index in [-0.39, 0.29) is 71.2 Å². The van der Waals surface area contributed by atoms with Gasteiger partial charge in [-0.2, -0.15) is 40.5 Å². The van der Waals surface area contributed by atoms with Crippen LogP contribution in [0.15, 0.2) is 12.1 Å². The molecule has 0 bridgehead atoms. The van der Waals surface area contributed by atoms with Crippen LogP contribution < -0.4 is 9.47 Å². The zero-order chi connectivity index (χ0) is 18.0. The van der Waals surface area contributed by atoms with Crippen molar-refractivity contribution >= 4 is 46.5 Å². The first-order valence-electron chi connectivity index (χ1n) is 8.79. The van der Waals surface area contributed by atoms with Crippen molar-refractivity contribution in [1.82, 2.24) is 4.90 Å². The number of nitrogens with zero attached hydrogens (tertiary/aromatic N) is 1. The molecular formula is C19H32FNO4S3. The van der Waals surface area contributed by atoms with Gasteiger partial charge in [0.15, 0.2) is 11.5 Å². The Bertz CT molecular complexity index is 650. The van der Waals surface area contributed by atoms with Crippen LogP contribution in [0.25, 0.3) is 0 Å². The Balaban J connectivity index is 0.00000243. The standard InChI is InChI=1S/C19H26FNO4.3H2S/c1-12(22)25-17-10-16-15-9-19(24-3)18(23-2)8-13(15)5-7-21(16)11-14(17)4-6-20;;;/h8-9,14,16-17H,4-7,10-11H2,1-3H3;3*1H2/t14-,16-,17-;;;/m0.../s1/i20-1;;;. The number of halogens is 1. The minimum atomic E-state index is -0.386. The summed E-state index contributed by atoms with van der Waals surface area (Å²) < 4.78 is 29.3. The highest BCUT2D eigenvalue weighted by molar-refractivity contribution is 7.59. The number of benzene rings is 1. The zero-order valence-corrected chi connectivity index (χ0v) is 19.6. The molecule has 0 aromatic heterocycles. The van der Waals surface area contributed by atoms with Crippen LogP contribution >= 0.6 is 40.5 Å². The third-order valence-electron chi connectivity index (χ3n) is 5.36. The summed E-state index contributed by atoms with van der Waals surface area (Å²) in [5.74, 6) is 1.19. The topological polar surface area (TPSA) is 48.0 Å². The SMILES string of the molecule is COc1cc2c(cc1OC)[C@@H]1C[C@H](OC(C)=O)[C@@H](CC[18F])CN1CC2.S.S.S. The molecule has 0 aliphatic carbocycles. The highest BCUT2D eigenvalue weighted by Crippen LogP contribution is 2.43. The highest BCUT2D eigenvalue weighted by Gasteiger charge is 2.40. The van der Waals surface area contributed by atoms with E-state index in [1.54, 1.807) is 14.2 Å². The number of alkyl halides is 1. The number of ether oxygens (including phenoxy) is 3. The van der Waals surface area contributed by atoms with E-state index >= 15 is 0 Å². The fraction of sp³-hybridized carbons (Fsp3) is 0.632. The molecule has 2 heterocycles. The summed E-state index contributed by atoms with van der Waals surface area (Å²) in [7, 11) is 3.27. The Morgan fingerprint density at radius 2 is 1.82 bits per heavy atom. The monoisotopic (exact) mass is 452 g/mol. The third-order valence-corrected chi connectivity index (χ3v) is 5.36. The molecule has 3 rings (SSSR count). The Labute approximate surface area is 187 Å². The van der Waals surface area contributed by atoms with Gasteiger partial charge in [0.2, 0.25) is 0 Å². The predicted octanol–water partition coefficient (Wildman–Crippen LogP) is 3.25. The predicted molar refractivity (Wildman–Crippen MR) is 123 cm³/mol. The first kappa shape index (κ1) is 27.2. The van der Waals surface area contributed by atoms with Crippen molar-refractivity contribution in [1.29, 1.82) is 0 Å². The molecule has 0 radical (unpaired) electrons. The quantitative estimate of drug-likeness (QED) is 0.642. The average Bonchev–Trinajstić information content (AvgIpc) is 2.60. The summed E-state index contributed by atoms with van der Waals surface area (Å²) in [6.45, 7) is 2.70. The number of rotatable bonds is 5. The van der Waals surface area contributed by atoms with Gasteiger partial charge in [-0.3, -0.25) is 14.1 Å². The second-order valence-corrected chi connectivity index (χ2v) is 6.79. The third kappa shape index (κ3) is 5.64. The van der Waals surface area contributed by atoms with Crippen LogP contribution in [0.5, 0.6) is 11.5 Å². The van der Waals surface area contributed by atoms with Gasteiger partial charge in [-0.1, -0.05) is 0 Å². The lowest BCUT2D eigenvalue weighted by Gasteiger charge is -2.46. The van der Waals surface area contributed by atoms with Crippen molar-refractivity contribution < 1.29 is 23.4 Å². The normalized spacial score (nSPS) is 22.9. The maximum atomic E-state index is 12.9. The molecule has 162 valence electrons. The lowest BCUT2D eigenvalue weighted by molar-refractivity contribution is -0.154. The van der Waals surface area contributed by atoms with Gasteiger partial charge in [0, 0.05) is 38.4 Å². The number of esters is 1. The van der Waals surface area contributed by atoms with Crippen LogP contribution in [0.1, 0.15) is 36.9 Å². The number of hydrogen-bond donors (Lipinski definition) is 0. The van der Waals surface area contributed by atoms with Gasteiger partial charge in [-0.25, -0.2) is 0 Å². The number of hydrogen-bond acceptors (Lipinski definition) is 5. The van der Waals surface area contributed by atoms with Crippen LogP contribution in [0.2, 0.25) is 0 Å². The summed E-state index contributed by atoms with van der Waals surface area (Å²) in [4.78, 5) is 13.9. The molecule has 0 saturated carbocycles. The molecule has 1 aromatic rings. The van der Waals surface area contributed by atoms with E-state index in [4.69, 9.17) is 14.2 Å². The van der Waals surface area contributed by atoms with E-state index in [0.717, 1.165) is 25.3 Å². The Kier molecular flexibility index (Phi) is 11.7. The summed E-state index contributed by atoms with van der Waals surface area (Å²) in [6, 6.07) is 4.23. The highest BCUT2D eigenvalue weighted by atomic mass is 32.1. The maximum Gasteiger partial charge on any atom is 0.302 e. The number of methoxy groups -OCH3 is 2. The lowest BCUT2D eigenvalue weighted by Crippen LogP contribution is -2.49. The van der Waals surface area contributed by atoms with Crippen molar-refractivity contribution in [3.8, 4) is 11.5 Å². The number of fused-ring (bicyclic) bond motifs is 3. The first-order valence-corrected chi connectivity index (χ1v) is 8.79. The smallest absolute Gasteiger partial charge is 0.302 e. The van der Waals surface area contributed by atoms with Gasteiger partial charge in [0.1, 0.15) is 6.10 Å². The first-order chi connectivity index (χ1) is 12.1. The van der Waals surface area contributed by atoms with Gasteiger partial charge in [-0.05, 0) is 36.1 Å². The number of carbonyl (C=O) groups excluding carboxylic acids is 1. The van der Waals surface area contributed by atoms with E-state index in [9.17, 15) is 9.18 Å². The van der Waals surface area contributed by atoms with Crippen molar-refractivity contribution in [3.05, 3.63) is 23.3 Å². The van der Waals surface area contributed by atoms with Gasteiger partial charge in [0.05, 0.1) is 20.9 Å². The molecule has 2 aliphatic heterocycles. The second-order valence-electron chi connectivity index (χ2n) is 6.79. The minimum absolute atomic E-state index is 0. The molecule has 1 aromatic carbocycles.